The van der Waals surface area contributed by atoms with E-state index < -0.39 is 16.1 Å². The van der Waals surface area contributed by atoms with Gasteiger partial charge in [-0.1, -0.05) is 72.8 Å². The molecule has 160 valence electrons. The van der Waals surface area contributed by atoms with Gasteiger partial charge in [0.2, 0.25) is 10.0 Å². The number of fused-ring (bicyclic) bond motifs is 1. The lowest BCUT2D eigenvalue weighted by molar-refractivity contribution is -0.128. The van der Waals surface area contributed by atoms with Gasteiger partial charge in [-0.05, 0) is 30.2 Å². The van der Waals surface area contributed by atoms with Crippen molar-refractivity contribution < 1.29 is 17.9 Å². The van der Waals surface area contributed by atoms with Crippen LogP contribution < -0.4 is 14.4 Å². The third-order valence-corrected chi connectivity index (χ3v) is 6.93. The van der Waals surface area contributed by atoms with Crippen molar-refractivity contribution in [1.82, 2.24) is 5.32 Å². The molecule has 7 heteroatoms. The Labute approximate surface area is 182 Å². The van der Waals surface area contributed by atoms with Gasteiger partial charge in [0.05, 0.1) is 24.0 Å². The van der Waals surface area contributed by atoms with Crippen molar-refractivity contribution >= 4 is 21.6 Å². The first-order valence-corrected chi connectivity index (χ1v) is 11.7. The van der Waals surface area contributed by atoms with Gasteiger partial charge in [-0.25, -0.2) is 8.42 Å². The molecule has 1 heterocycles. The van der Waals surface area contributed by atoms with E-state index >= 15 is 0 Å². The number of anilines is 1. The molecule has 0 spiro atoms. The number of sulfonamides is 1. The van der Waals surface area contributed by atoms with Gasteiger partial charge >= 0.3 is 0 Å². The van der Waals surface area contributed by atoms with Crippen LogP contribution >= 0.6 is 0 Å². The summed E-state index contributed by atoms with van der Waals surface area (Å²) in [5.74, 6) is -0.139. The molecule has 0 aliphatic carbocycles. The average Bonchev–Trinajstić information content (AvgIpc) is 2.79. The minimum atomic E-state index is -3.72. The summed E-state index contributed by atoms with van der Waals surface area (Å²) < 4.78 is 33.7. The van der Waals surface area contributed by atoms with Crippen LogP contribution in [0.2, 0.25) is 0 Å². The van der Waals surface area contributed by atoms with E-state index in [0.29, 0.717) is 17.0 Å². The van der Waals surface area contributed by atoms with Crippen LogP contribution in [0.3, 0.4) is 0 Å². The van der Waals surface area contributed by atoms with E-state index in [4.69, 9.17) is 4.74 Å². The molecule has 3 aromatic rings. The summed E-state index contributed by atoms with van der Waals surface area (Å²) in [6.07, 6.45) is -0.952. The van der Waals surface area contributed by atoms with Crippen molar-refractivity contribution in [2.75, 3.05) is 10.8 Å². The van der Waals surface area contributed by atoms with E-state index in [1.807, 2.05) is 43.3 Å². The molecule has 4 rings (SSSR count). The zero-order valence-electron chi connectivity index (χ0n) is 17.1. The third kappa shape index (κ3) is 4.72. The Morgan fingerprint density at radius 3 is 2.32 bits per heavy atom. The van der Waals surface area contributed by atoms with Crippen molar-refractivity contribution in [2.45, 2.75) is 24.8 Å². The van der Waals surface area contributed by atoms with Crippen LogP contribution in [0.15, 0.2) is 84.9 Å². The topological polar surface area (TPSA) is 75.7 Å². The molecular weight excluding hydrogens is 412 g/mol. The largest absolute Gasteiger partial charge is 0.476 e. The first kappa shape index (κ1) is 20.9. The maximum absolute atomic E-state index is 13.3. The maximum Gasteiger partial charge on any atom is 0.263 e. The molecule has 0 fully saturated rings. The lowest BCUT2D eigenvalue weighted by Crippen LogP contribution is -2.51. The molecule has 0 radical (unpaired) electrons. The number of nitrogens with zero attached hydrogens (tertiary/aromatic N) is 1. The fraction of sp³-hybridized carbons (Fsp3) is 0.208. The van der Waals surface area contributed by atoms with E-state index in [-0.39, 0.29) is 24.2 Å². The Kier molecular flexibility index (Phi) is 5.95. The number of nitrogens with one attached hydrogen (secondary N) is 1. The van der Waals surface area contributed by atoms with Crippen LogP contribution in [-0.4, -0.2) is 27.0 Å². The minimum Gasteiger partial charge on any atom is -0.476 e. The lowest BCUT2D eigenvalue weighted by Gasteiger charge is -2.35. The number of ether oxygens (including phenoxy) is 1. The van der Waals surface area contributed by atoms with Gasteiger partial charge < -0.3 is 10.1 Å². The Balaban J connectivity index is 1.57. The second-order valence-electron chi connectivity index (χ2n) is 7.49. The molecular formula is C24H24N2O4S. The summed E-state index contributed by atoms with van der Waals surface area (Å²) in [4.78, 5) is 13.0. The molecule has 1 N–H and O–H groups in total. The number of amides is 1. The van der Waals surface area contributed by atoms with Crippen molar-refractivity contribution in [1.29, 1.82) is 0 Å². The van der Waals surface area contributed by atoms with E-state index in [1.54, 1.807) is 48.5 Å². The number of carbonyl (C=O) groups excluding carboxylic acids is 1. The van der Waals surface area contributed by atoms with Crippen LogP contribution in [0.1, 0.15) is 24.1 Å². The predicted octanol–water partition coefficient (Wildman–Crippen LogP) is 3.66. The number of para-hydroxylation sites is 2. The molecule has 0 saturated carbocycles. The van der Waals surface area contributed by atoms with Crippen LogP contribution in [0, 0.1) is 0 Å². The predicted molar refractivity (Wildman–Crippen MR) is 120 cm³/mol. The molecule has 31 heavy (non-hydrogen) atoms. The normalized spacial score (nSPS) is 16.7. The van der Waals surface area contributed by atoms with Crippen molar-refractivity contribution in [3.8, 4) is 5.75 Å². The van der Waals surface area contributed by atoms with Gasteiger partial charge in [-0.2, -0.15) is 0 Å². The Hall–Kier alpha value is -3.32. The van der Waals surface area contributed by atoms with Gasteiger partial charge in [-0.15, -0.1) is 0 Å². The molecule has 1 amide bonds. The number of rotatable bonds is 6. The second kappa shape index (κ2) is 8.81. The summed E-state index contributed by atoms with van der Waals surface area (Å²) >= 11 is 0. The quantitative estimate of drug-likeness (QED) is 0.640. The van der Waals surface area contributed by atoms with Gasteiger partial charge in [-0.3, -0.25) is 9.10 Å². The van der Waals surface area contributed by atoms with E-state index in [9.17, 15) is 13.2 Å². The summed E-state index contributed by atoms with van der Waals surface area (Å²) in [6.45, 7) is 1.80. The summed E-state index contributed by atoms with van der Waals surface area (Å²) in [5, 5.41) is 2.93. The molecule has 0 unspecified atom stereocenters. The fourth-order valence-corrected chi connectivity index (χ4v) is 5.18. The Morgan fingerprint density at radius 1 is 1.00 bits per heavy atom. The average molecular weight is 437 g/mol. The third-order valence-electron chi connectivity index (χ3n) is 5.21. The first-order chi connectivity index (χ1) is 14.9. The van der Waals surface area contributed by atoms with Crippen LogP contribution in [0.5, 0.6) is 5.75 Å². The van der Waals surface area contributed by atoms with Gasteiger partial charge in [0.25, 0.3) is 5.91 Å². The molecule has 2 atom stereocenters. The summed E-state index contributed by atoms with van der Waals surface area (Å²) in [7, 11) is -3.72. The van der Waals surface area contributed by atoms with Crippen molar-refractivity contribution in [2.24, 2.45) is 0 Å². The molecule has 0 aromatic heterocycles. The number of carbonyl (C=O) groups is 1. The number of hydrogen-bond donors (Lipinski definition) is 1. The smallest absolute Gasteiger partial charge is 0.263 e. The zero-order valence-corrected chi connectivity index (χ0v) is 18.0. The first-order valence-electron chi connectivity index (χ1n) is 10.1. The van der Waals surface area contributed by atoms with E-state index in [2.05, 4.69) is 5.32 Å². The highest BCUT2D eigenvalue weighted by molar-refractivity contribution is 7.92. The molecule has 1 aliphatic rings. The summed E-state index contributed by atoms with van der Waals surface area (Å²) in [6, 6.07) is 25.2. The highest BCUT2D eigenvalue weighted by atomic mass is 32.2. The molecule has 3 aromatic carbocycles. The molecule has 1 aliphatic heterocycles. The SMILES string of the molecule is C[C@@H](NC(=O)[C@@H]1CN(S(=O)(=O)Cc2ccccc2)c2ccccc2O1)c1ccccc1. The molecule has 6 nitrogen and oxygen atoms in total. The highest BCUT2D eigenvalue weighted by Crippen LogP contribution is 2.35. The summed E-state index contributed by atoms with van der Waals surface area (Å²) in [5.41, 5.74) is 2.09. The Bertz CT molecular complexity index is 1150. The van der Waals surface area contributed by atoms with E-state index in [0.717, 1.165) is 5.56 Å². The van der Waals surface area contributed by atoms with Gasteiger partial charge in [0.15, 0.2) is 6.10 Å². The maximum atomic E-state index is 13.3. The van der Waals surface area contributed by atoms with Crippen LogP contribution in [0.4, 0.5) is 5.69 Å². The zero-order chi connectivity index (χ0) is 21.8. The highest BCUT2D eigenvalue weighted by Gasteiger charge is 2.37. The van der Waals surface area contributed by atoms with Crippen molar-refractivity contribution in [3.63, 3.8) is 0 Å². The van der Waals surface area contributed by atoms with Gasteiger partial charge in [0, 0.05) is 0 Å². The fourth-order valence-electron chi connectivity index (χ4n) is 3.60. The molecule has 0 bridgehead atoms. The monoisotopic (exact) mass is 436 g/mol. The van der Waals surface area contributed by atoms with Crippen LogP contribution in [-0.2, 0) is 20.6 Å². The van der Waals surface area contributed by atoms with Gasteiger partial charge in [0.1, 0.15) is 5.75 Å². The Morgan fingerprint density at radius 2 is 1.61 bits per heavy atom. The minimum absolute atomic E-state index is 0.0838. The number of hydrogen-bond acceptors (Lipinski definition) is 4. The number of benzene rings is 3. The molecule has 0 saturated heterocycles. The second-order valence-corrected chi connectivity index (χ2v) is 9.38. The van der Waals surface area contributed by atoms with Crippen molar-refractivity contribution in [3.05, 3.63) is 96.1 Å². The standard InChI is InChI=1S/C24H24N2O4S/c1-18(20-12-6-3-7-13-20)25-24(27)23-16-26(21-14-8-9-15-22(21)30-23)31(28,29)17-19-10-4-2-5-11-19/h2-15,18,23H,16-17H2,1H3,(H,25,27)/t18-,23+/m1/s1. The van der Waals surface area contributed by atoms with Crippen LogP contribution in [0.25, 0.3) is 0 Å². The lowest BCUT2D eigenvalue weighted by atomic mass is 10.1. The van der Waals surface area contributed by atoms with E-state index in [1.165, 1.54) is 4.31 Å².